The van der Waals surface area contributed by atoms with Crippen molar-refractivity contribution in [2.24, 2.45) is 5.73 Å². The Morgan fingerprint density at radius 2 is 1.81 bits per heavy atom. The van der Waals surface area contributed by atoms with Crippen LogP contribution in [0.3, 0.4) is 0 Å². The van der Waals surface area contributed by atoms with Gasteiger partial charge in [-0.25, -0.2) is 4.39 Å². The van der Waals surface area contributed by atoms with Crippen molar-refractivity contribution in [1.29, 1.82) is 0 Å². The maximum absolute atomic E-state index is 13.7. The van der Waals surface area contributed by atoms with E-state index in [2.05, 4.69) is 10.7 Å². The number of carbonyl (C=O) groups excluding carboxylic acids is 2. The highest BCUT2D eigenvalue weighted by molar-refractivity contribution is 6.14. The summed E-state index contributed by atoms with van der Waals surface area (Å²) in [6, 6.07) is 15.5. The molecule has 3 aromatic carbocycles. The van der Waals surface area contributed by atoms with Crippen LogP contribution < -0.4 is 5.73 Å². The number of benzene rings is 3. The Morgan fingerprint density at radius 1 is 1.03 bits per heavy atom. The molecular formula is C25H24FN3O3. The number of carbonyl (C=O) groups is 2. The molecule has 3 N–H and O–H groups in total. The summed E-state index contributed by atoms with van der Waals surface area (Å²) in [6.07, 6.45) is 0.792. The number of amides is 1. The highest BCUT2D eigenvalue weighted by Gasteiger charge is 2.20. The van der Waals surface area contributed by atoms with Gasteiger partial charge in [0.2, 0.25) is 0 Å². The van der Waals surface area contributed by atoms with Crippen molar-refractivity contribution in [3.63, 3.8) is 0 Å². The van der Waals surface area contributed by atoms with Gasteiger partial charge >= 0.3 is 0 Å². The van der Waals surface area contributed by atoms with E-state index >= 15 is 0 Å². The van der Waals surface area contributed by atoms with Crippen molar-refractivity contribution < 1.29 is 18.7 Å². The van der Waals surface area contributed by atoms with Gasteiger partial charge in [0.25, 0.3) is 5.91 Å². The van der Waals surface area contributed by atoms with Crippen molar-refractivity contribution in [2.75, 3.05) is 33.4 Å². The first-order chi connectivity index (χ1) is 15.6. The zero-order chi connectivity index (χ0) is 22.7. The van der Waals surface area contributed by atoms with Crippen LogP contribution in [0.2, 0.25) is 0 Å². The first kappa shape index (κ1) is 21.7. The second-order valence-electron chi connectivity index (χ2n) is 7.41. The molecule has 0 saturated carbocycles. The second-order valence-corrected chi connectivity index (χ2v) is 7.41. The van der Waals surface area contributed by atoms with Gasteiger partial charge in [0.1, 0.15) is 5.82 Å². The number of H-pyrrole nitrogens is 1. The molecule has 1 fully saturated rings. The lowest BCUT2D eigenvalue weighted by Crippen LogP contribution is -2.40. The van der Waals surface area contributed by atoms with Crippen LogP contribution in [-0.2, 0) is 4.74 Å². The number of aromatic nitrogens is 1. The van der Waals surface area contributed by atoms with E-state index in [1.807, 2.05) is 30.3 Å². The molecule has 0 atom stereocenters. The van der Waals surface area contributed by atoms with Crippen LogP contribution in [0.5, 0.6) is 0 Å². The van der Waals surface area contributed by atoms with Gasteiger partial charge in [0.15, 0.2) is 6.29 Å². The van der Waals surface area contributed by atoms with Gasteiger partial charge < -0.3 is 20.4 Å². The zero-order valence-corrected chi connectivity index (χ0v) is 17.7. The Morgan fingerprint density at radius 3 is 2.53 bits per heavy atom. The molecule has 1 saturated heterocycles. The van der Waals surface area contributed by atoms with Gasteiger partial charge in [0.05, 0.1) is 18.7 Å². The lowest BCUT2D eigenvalue weighted by Gasteiger charge is -2.26. The number of nitrogens with one attached hydrogen (secondary N) is 1. The Bertz CT molecular complexity index is 1290. The first-order valence-corrected chi connectivity index (χ1v) is 10.4. The van der Waals surface area contributed by atoms with Gasteiger partial charge in [-0.1, -0.05) is 18.2 Å². The van der Waals surface area contributed by atoms with Crippen LogP contribution in [0.4, 0.5) is 4.39 Å². The van der Waals surface area contributed by atoms with Gasteiger partial charge in [-0.3, -0.25) is 9.59 Å². The fraction of sp³-hybridized carbons (Fsp3) is 0.200. The van der Waals surface area contributed by atoms with E-state index in [4.69, 9.17) is 4.74 Å². The van der Waals surface area contributed by atoms with Crippen LogP contribution in [0.1, 0.15) is 20.7 Å². The number of hydrogen-bond acceptors (Lipinski definition) is 4. The minimum atomic E-state index is -0.328. The number of morpholine rings is 1. The second kappa shape index (κ2) is 9.30. The SMILES string of the molecule is CN.O=Cc1cc(-c2cccc(F)c2)cc2c1[nH]c1cc(C(=O)N3CCOCC3)ccc12. The predicted molar refractivity (Wildman–Crippen MR) is 123 cm³/mol. The van der Waals surface area contributed by atoms with Gasteiger partial charge in [0, 0.05) is 40.5 Å². The minimum absolute atomic E-state index is 0.0325. The Balaban J connectivity index is 0.00000119. The minimum Gasteiger partial charge on any atom is -0.378 e. The number of halogens is 1. The van der Waals surface area contributed by atoms with E-state index in [0.29, 0.717) is 48.5 Å². The monoisotopic (exact) mass is 433 g/mol. The molecule has 0 bridgehead atoms. The Labute approximate surface area is 184 Å². The quantitative estimate of drug-likeness (QED) is 0.478. The molecule has 0 spiro atoms. The number of rotatable bonds is 3. The normalized spacial score (nSPS) is 13.7. The molecule has 6 nitrogen and oxygen atoms in total. The summed E-state index contributed by atoms with van der Waals surface area (Å²) >= 11 is 0. The van der Waals surface area contributed by atoms with E-state index < -0.39 is 0 Å². The predicted octanol–water partition coefficient (Wildman–Crippen LogP) is 3.99. The first-order valence-electron chi connectivity index (χ1n) is 10.4. The van der Waals surface area contributed by atoms with E-state index in [0.717, 1.165) is 28.1 Å². The van der Waals surface area contributed by atoms with Crippen molar-refractivity contribution in [3.05, 3.63) is 71.5 Å². The van der Waals surface area contributed by atoms with E-state index in [-0.39, 0.29) is 11.7 Å². The number of hydrogen-bond donors (Lipinski definition) is 2. The molecule has 4 aromatic rings. The number of aromatic amines is 1. The van der Waals surface area contributed by atoms with Crippen molar-refractivity contribution >= 4 is 34.0 Å². The standard InChI is InChI=1S/C24H19FN2O3.CH5N/c25-19-3-1-2-15(11-19)17-10-18(14-28)23-21(12-17)20-5-4-16(13-22(20)26-23)24(29)27-6-8-30-9-7-27;1-2/h1-5,10-14,26H,6-9H2;2H2,1H3. The Hall–Kier alpha value is -3.55. The van der Waals surface area contributed by atoms with E-state index in [1.54, 1.807) is 17.0 Å². The Kier molecular flexibility index (Phi) is 6.30. The molecule has 164 valence electrons. The third-order valence-corrected chi connectivity index (χ3v) is 5.57. The topological polar surface area (TPSA) is 88.4 Å². The molecule has 0 radical (unpaired) electrons. The molecule has 0 aliphatic carbocycles. The maximum atomic E-state index is 13.7. The molecule has 1 aliphatic heterocycles. The molecule has 5 rings (SSSR count). The van der Waals surface area contributed by atoms with Crippen molar-refractivity contribution in [3.8, 4) is 11.1 Å². The smallest absolute Gasteiger partial charge is 0.254 e. The highest BCUT2D eigenvalue weighted by atomic mass is 19.1. The third kappa shape index (κ3) is 4.00. The summed E-state index contributed by atoms with van der Waals surface area (Å²) in [4.78, 5) is 29.6. The van der Waals surface area contributed by atoms with Gasteiger partial charge in [-0.15, -0.1) is 0 Å². The molecule has 7 heteroatoms. The van der Waals surface area contributed by atoms with Crippen molar-refractivity contribution in [1.82, 2.24) is 9.88 Å². The van der Waals surface area contributed by atoms with Gasteiger partial charge in [-0.05, 0) is 54.6 Å². The molecule has 0 unspecified atom stereocenters. The largest absolute Gasteiger partial charge is 0.378 e. The number of nitrogens with two attached hydrogens (primary N) is 1. The third-order valence-electron chi connectivity index (χ3n) is 5.57. The molecule has 1 aliphatic rings. The number of ether oxygens (including phenoxy) is 1. The fourth-order valence-electron chi connectivity index (χ4n) is 4.04. The average Bonchev–Trinajstić information content (AvgIpc) is 3.22. The fourth-order valence-corrected chi connectivity index (χ4v) is 4.04. The molecule has 1 amide bonds. The summed E-state index contributed by atoms with van der Waals surface area (Å²) in [5.41, 5.74) is 8.53. The number of fused-ring (bicyclic) bond motifs is 3. The summed E-state index contributed by atoms with van der Waals surface area (Å²) in [7, 11) is 1.50. The van der Waals surface area contributed by atoms with Crippen LogP contribution in [0.15, 0.2) is 54.6 Å². The van der Waals surface area contributed by atoms with Crippen LogP contribution >= 0.6 is 0 Å². The number of nitrogens with zero attached hydrogens (tertiary/aromatic N) is 1. The van der Waals surface area contributed by atoms with E-state index in [1.165, 1.54) is 19.2 Å². The van der Waals surface area contributed by atoms with Crippen LogP contribution in [-0.4, -0.2) is 55.4 Å². The maximum Gasteiger partial charge on any atom is 0.254 e. The molecular weight excluding hydrogens is 409 g/mol. The number of aldehydes is 1. The molecule has 1 aromatic heterocycles. The summed E-state index contributed by atoms with van der Waals surface area (Å²) in [5, 5.41) is 1.77. The van der Waals surface area contributed by atoms with Crippen molar-refractivity contribution in [2.45, 2.75) is 0 Å². The lowest BCUT2D eigenvalue weighted by atomic mass is 9.99. The summed E-state index contributed by atoms with van der Waals surface area (Å²) in [6.45, 7) is 2.25. The lowest BCUT2D eigenvalue weighted by molar-refractivity contribution is 0.0303. The molecule has 2 heterocycles. The zero-order valence-electron chi connectivity index (χ0n) is 17.7. The van der Waals surface area contributed by atoms with Crippen LogP contribution in [0.25, 0.3) is 32.9 Å². The van der Waals surface area contributed by atoms with E-state index in [9.17, 15) is 14.0 Å². The van der Waals surface area contributed by atoms with Gasteiger partial charge in [-0.2, -0.15) is 0 Å². The summed E-state index contributed by atoms with van der Waals surface area (Å²) < 4.78 is 19.0. The highest BCUT2D eigenvalue weighted by Crippen LogP contribution is 2.33. The molecule has 32 heavy (non-hydrogen) atoms. The van der Waals surface area contributed by atoms with Crippen LogP contribution in [0, 0.1) is 5.82 Å². The average molecular weight is 433 g/mol. The summed E-state index contributed by atoms with van der Waals surface area (Å²) in [5.74, 6) is -0.361.